The molecule has 3 aromatic rings. The summed E-state index contributed by atoms with van der Waals surface area (Å²) in [6, 6.07) is 11.7. The van der Waals surface area contributed by atoms with Crippen LogP contribution in [-0.2, 0) is 10.0 Å². The van der Waals surface area contributed by atoms with Crippen LogP contribution in [0.3, 0.4) is 0 Å². The summed E-state index contributed by atoms with van der Waals surface area (Å²) in [5, 5.41) is 5.19. The minimum absolute atomic E-state index is 0.0536. The van der Waals surface area contributed by atoms with E-state index in [1.54, 1.807) is 36.5 Å². The highest BCUT2D eigenvalue weighted by molar-refractivity contribution is 7.89. The number of primary sulfonamides is 1. The monoisotopic (exact) mass is 315 g/mol. The number of aromatic nitrogens is 2. The maximum atomic E-state index is 11.5. The molecule has 0 aliphatic rings. The number of rotatable bonds is 3. The van der Waals surface area contributed by atoms with E-state index in [0.29, 0.717) is 22.5 Å². The summed E-state index contributed by atoms with van der Waals surface area (Å²) in [4.78, 5) is 8.70. The van der Waals surface area contributed by atoms with Crippen molar-refractivity contribution < 1.29 is 13.2 Å². The predicted molar refractivity (Wildman–Crippen MR) is 82.9 cm³/mol. The molecule has 1 aromatic carbocycles. The van der Waals surface area contributed by atoms with Gasteiger partial charge in [0.05, 0.1) is 17.5 Å². The van der Waals surface area contributed by atoms with Crippen molar-refractivity contribution in [2.24, 2.45) is 5.14 Å². The van der Waals surface area contributed by atoms with Crippen LogP contribution in [0.4, 0.5) is 0 Å². The Morgan fingerprint density at radius 2 is 1.95 bits per heavy atom. The molecule has 3 rings (SSSR count). The largest absolute Gasteiger partial charge is 0.481 e. The predicted octanol–water partition coefficient (Wildman–Crippen LogP) is 1.95. The average molecular weight is 315 g/mol. The van der Waals surface area contributed by atoms with E-state index in [0.717, 1.165) is 5.56 Å². The second-order valence-corrected chi connectivity index (χ2v) is 6.21. The lowest BCUT2D eigenvalue weighted by Crippen LogP contribution is -2.11. The molecule has 0 saturated carbocycles. The van der Waals surface area contributed by atoms with E-state index in [1.165, 1.54) is 19.2 Å². The van der Waals surface area contributed by atoms with Crippen molar-refractivity contribution in [3.63, 3.8) is 0 Å². The molecule has 0 amide bonds. The van der Waals surface area contributed by atoms with Crippen LogP contribution in [0, 0.1) is 0 Å². The van der Waals surface area contributed by atoms with Crippen LogP contribution in [0.25, 0.3) is 22.2 Å². The Hall–Kier alpha value is -2.51. The summed E-state index contributed by atoms with van der Waals surface area (Å²) >= 11 is 0. The zero-order valence-corrected chi connectivity index (χ0v) is 12.5. The average Bonchev–Trinajstić information content (AvgIpc) is 2.53. The SMILES string of the molecule is COc1ccc2nccc(-c3cccc(S(N)(=O)=O)c3)c2n1. The number of sulfonamides is 1. The second kappa shape index (κ2) is 5.36. The van der Waals surface area contributed by atoms with E-state index in [2.05, 4.69) is 9.97 Å². The molecule has 0 atom stereocenters. The van der Waals surface area contributed by atoms with E-state index in [1.807, 2.05) is 0 Å². The third kappa shape index (κ3) is 2.63. The van der Waals surface area contributed by atoms with Gasteiger partial charge in [-0.15, -0.1) is 0 Å². The molecule has 0 aliphatic carbocycles. The van der Waals surface area contributed by atoms with E-state index in [-0.39, 0.29) is 4.90 Å². The van der Waals surface area contributed by atoms with E-state index >= 15 is 0 Å². The zero-order chi connectivity index (χ0) is 15.7. The Kier molecular flexibility index (Phi) is 3.51. The topological polar surface area (TPSA) is 95.2 Å². The van der Waals surface area contributed by atoms with Crippen molar-refractivity contribution in [3.8, 4) is 17.0 Å². The molecule has 6 nitrogen and oxygen atoms in total. The summed E-state index contributed by atoms with van der Waals surface area (Å²) in [6.07, 6.45) is 1.65. The van der Waals surface area contributed by atoms with Crippen molar-refractivity contribution >= 4 is 21.1 Å². The van der Waals surface area contributed by atoms with Gasteiger partial charge in [-0.05, 0) is 29.8 Å². The molecule has 0 radical (unpaired) electrons. The van der Waals surface area contributed by atoms with Gasteiger partial charge in [-0.3, -0.25) is 4.98 Å². The Balaban J connectivity index is 2.26. The maximum Gasteiger partial charge on any atom is 0.238 e. The van der Waals surface area contributed by atoms with Crippen molar-refractivity contribution in [1.29, 1.82) is 0 Å². The van der Waals surface area contributed by atoms with Crippen LogP contribution in [-0.4, -0.2) is 25.5 Å². The number of ether oxygens (including phenoxy) is 1. The highest BCUT2D eigenvalue weighted by Crippen LogP contribution is 2.28. The number of nitrogens with zero attached hydrogens (tertiary/aromatic N) is 2. The first-order valence-electron chi connectivity index (χ1n) is 6.42. The summed E-state index contributed by atoms with van der Waals surface area (Å²) < 4.78 is 28.2. The molecule has 0 unspecified atom stereocenters. The van der Waals surface area contributed by atoms with Gasteiger partial charge >= 0.3 is 0 Å². The normalized spacial score (nSPS) is 11.5. The molecular formula is C15H13N3O3S. The van der Waals surface area contributed by atoms with E-state index < -0.39 is 10.0 Å². The molecule has 0 aliphatic heterocycles. The number of pyridine rings is 2. The molecule has 7 heteroatoms. The van der Waals surface area contributed by atoms with Crippen molar-refractivity contribution in [1.82, 2.24) is 9.97 Å². The molecular weight excluding hydrogens is 302 g/mol. The summed E-state index contributed by atoms with van der Waals surface area (Å²) in [7, 11) is -2.23. The van der Waals surface area contributed by atoms with Gasteiger partial charge in [0, 0.05) is 17.8 Å². The third-order valence-electron chi connectivity index (χ3n) is 3.24. The smallest absolute Gasteiger partial charge is 0.238 e. The second-order valence-electron chi connectivity index (χ2n) is 4.65. The molecule has 0 fully saturated rings. The molecule has 22 heavy (non-hydrogen) atoms. The first kappa shape index (κ1) is 14.4. The molecule has 0 saturated heterocycles. The molecule has 0 bridgehead atoms. The van der Waals surface area contributed by atoms with Gasteiger partial charge < -0.3 is 4.74 Å². The van der Waals surface area contributed by atoms with Crippen LogP contribution in [0.15, 0.2) is 53.6 Å². The standard InChI is InChI=1S/C15H13N3O3S/c1-21-14-6-5-13-15(18-14)12(7-8-17-13)10-3-2-4-11(9-10)22(16,19)20/h2-9H,1H3,(H2,16,19,20). The quantitative estimate of drug-likeness (QED) is 0.797. The Morgan fingerprint density at radius 3 is 2.68 bits per heavy atom. The molecule has 112 valence electrons. The summed E-state index contributed by atoms with van der Waals surface area (Å²) in [5.74, 6) is 0.462. The fourth-order valence-electron chi connectivity index (χ4n) is 2.19. The Labute approximate surface area is 127 Å². The van der Waals surface area contributed by atoms with Gasteiger partial charge in [0.2, 0.25) is 15.9 Å². The first-order chi connectivity index (χ1) is 10.5. The van der Waals surface area contributed by atoms with Crippen LogP contribution in [0.5, 0.6) is 5.88 Å². The molecule has 2 N–H and O–H groups in total. The third-order valence-corrected chi connectivity index (χ3v) is 4.15. The van der Waals surface area contributed by atoms with Crippen LogP contribution < -0.4 is 9.88 Å². The van der Waals surface area contributed by atoms with Crippen LogP contribution >= 0.6 is 0 Å². The van der Waals surface area contributed by atoms with E-state index in [4.69, 9.17) is 9.88 Å². The number of fused-ring (bicyclic) bond motifs is 1. The van der Waals surface area contributed by atoms with Crippen LogP contribution in [0.2, 0.25) is 0 Å². The fraction of sp³-hybridized carbons (Fsp3) is 0.0667. The zero-order valence-electron chi connectivity index (χ0n) is 11.7. The lowest BCUT2D eigenvalue weighted by Gasteiger charge is -2.08. The van der Waals surface area contributed by atoms with Crippen molar-refractivity contribution in [2.45, 2.75) is 4.90 Å². The molecule has 2 aromatic heterocycles. The van der Waals surface area contributed by atoms with Gasteiger partial charge in [0.25, 0.3) is 0 Å². The highest BCUT2D eigenvalue weighted by Gasteiger charge is 2.12. The first-order valence-corrected chi connectivity index (χ1v) is 7.96. The molecule has 0 spiro atoms. The van der Waals surface area contributed by atoms with Gasteiger partial charge in [-0.1, -0.05) is 12.1 Å². The summed E-state index contributed by atoms with van der Waals surface area (Å²) in [6.45, 7) is 0. The number of methoxy groups -OCH3 is 1. The number of benzene rings is 1. The lowest BCUT2D eigenvalue weighted by molar-refractivity contribution is 0.399. The molecule has 2 heterocycles. The Morgan fingerprint density at radius 1 is 1.14 bits per heavy atom. The van der Waals surface area contributed by atoms with Gasteiger partial charge in [-0.2, -0.15) is 0 Å². The maximum absolute atomic E-state index is 11.5. The minimum atomic E-state index is -3.76. The van der Waals surface area contributed by atoms with Gasteiger partial charge in [0.1, 0.15) is 5.52 Å². The highest BCUT2D eigenvalue weighted by atomic mass is 32.2. The van der Waals surface area contributed by atoms with E-state index in [9.17, 15) is 8.42 Å². The number of nitrogens with two attached hydrogens (primary N) is 1. The van der Waals surface area contributed by atoms with Gasteiger partial charge in [-0.25, -0.2) is 18.5 Å². The summed E-state index contributed by atoms with van der Waals surface area (Å²) in [5.41, 5.74) is 2.78. The lowest BCUT2D eigenvalue weighted by atomic mass is 10.1. The fourth-order valence-corrected chi connectivity index (χ4v) is 2.75. The minimum Gasteiger partial charge on any atom is -0.481 e. The Bertz CT molecular complexity index is 955. The number of hydrogen-bond acceptors (Lipinski definition) is 5. The van der Waals surface area contributed by atoms with Crippen molar-refractivity contribution in [3.05, 3.63) is 48.7 Å². The van der Waals surface area contributed by atoms with Crippen molar-refractivity contribution in [2.75, 3.05) is 7.11 Å². The van der Waals surface area contributed by atoms with Gasteiger partial charge in [0.15, 0.2) is 0 Å². The van der Waals surface area contributed by atoms with Crippen LogP contribution in [0.1, 0.15) is 0 Å². The number of hydrogen-bond donors (Lipinski definition) is 1.